The molecule has 1 aliphatic carbocycles. The molecule has 0 atom stereocenters. The van der Waals surface area contributed by atoms with Gasteiger partial charge in [-0.3, -0.25) is 0 Å². The lowest BCUT2D eigenvalue weighted by atomic mass is 9.88. The molecule has 0 N–H and O–H groups in total. The first-order valence-corrected chi connectivity index (χ1v) is 7.97. The van der Waals surface area contributed by atoms with Gasteiger partial charge >= 0.3 is 0 Å². The average Bonchev–Trinajstić information content (AvgIpc) is 2.61. The van der Waals surface area contributed by atoms with Crippen molar-refractivity contribution in [3.8, 4) is 5.75 Å². The van der Waals surface area contributed by atoms with Crippen molar-refractivity contribution < 1.29 is 4.74 Å². The minimum absolute atomic E-state index is 0.903. The zero-order valence-corrected chi connectivity index (χ0v) is 13.1. The van der Waals surface area contributed by atoms with E-state index in [1.165, 1.54) is 48.0 Å². The number of hydrogen-bond acceptors (Lipinski definition) is 1. The largest absolute Gasteiger partial charge is 0.497 e. The summed E-state index contributed by atoms with van der Waals surface area (Å²) in [5.74, 6) is 0.903. The van der Waals surface area contributed by atoms with Gasteiger partial charge in [0.05, 0.1) is 7.11 Å². The molecule has 1 aliphatic rings. The van der Waals surface area contributed by atoms with Gasteiger partial charge in [0.25, 0.3) is 0 Å². The minimum Gasteiger partial charge on any atom is -0.497 e. The lowest BCUT2D eigenvalue weighted by Crippen LogP contribution is -1.96. The predicted molar refractivity (Wildman–Crippen MR) is 93.9 cm³/mol. The minimum atomic E-state index is 0.903. The third-order valence-electron chi connectivity index (χ3n) is 4.15. The van der Waals surface area contributed by atoms with Crippen molar-refractivity contribution in [2.75, 3.05) is 7.11 Å². The van der Waals surface area contributed by atoms with Crippen molar-refractivity contribution in [3.05, 3.63) is 77.4 Å². The summed E-state index contributed by atoms with van der Waals surface area (Å²) in [5, 5.41) is 0. The Balaban J connectivity index is 2.02. The molecule has 22 heavy (non-hydrogen) atoms. The highest BCUT2D eigenvalue weighted by molar-refractivity contribution is 5.91. The van der Waals surface area contributed by atoms with E-state index in [0.29, 0.717) is 0 Å². The van der Waals surface area contributed by atoms with Gasteiger partial charge < -0.3 is 4.74 Å². The summed E-state index contributed by atoms with van der Waals surface area (Å²) >= 11 is 0. The molecule has 0 saturated carbocycles. The number of methoxy groups -OCH3 is 1. The van der Waals surface area contributed by atoms with Crippen LogP contribution in [0.2, 0.25) is 0 Å². The number of rotatable bonds is 4. The zero-order valence-electron chi connectivity index (χ0n) is 13.1. The Morgan fingerprint density at radius 1 is 0.955 bits per heavy atom. The van der Waals surface area contributed by atoms with Crippen molar-refractivity contribution in [2.45, 2.75) is 25.7 Å². The van der Waals surface area contributed by atoms with Crippen LogP contribution in [0.15, 0.2) is 66.2 Å². The van der Waals surface area contributed by atoms with Crippen molar-refractivity contribution >= 4 is 11.6 Å². The van der Waals surface area contributed by atoms with Crippen LogP contribution in [0, 0.1) is 0 Å². The standard InChI is InChI=1S/C21H22O/c1-22-20-14-12-19(13-15-20)21(18-10-6-3-7-11-18)16-17-8-4-2-5-9-17/h2,4-5,8-10,12-16H,3,6-7,11H2,1H3/b21-16+. The Morgan fingerprint density at radius 3 is 2.36 bits per heavy atom. The van der Waals surface area contributed by atoms with Crippen LogP contribution in [-0.4, -0.2) is 7.11 Å². The topological polar surface area (TPSA) is 9.23 Å². The monoisotopic (exact) mass is 290 g/mol. The van der Waals surface area contributed by atoms with Crippen LogP contribution in [0.4, 0.5) is 0 Å². The van der Waals surface area contributed by atoms with Crippen LogP contribution in [-0.2, 0) is 0 Å². The van der Waals surface area contributed by atoms with Crippen LogP contribution < -0.4 is 4.74 Å². The van der Waals surface area contributed by atoms with Crippen LogP contribution >= 0.6 is 0 Å². The number of allylic oxidation sites excluding steroid dienone is 3. The SMILES string of the molecule is COc1ccc(/C(=C/c2ccccc2)C2=CCCCC2)cc1. The molecule has 0 amide bonds. The Hall–Kier alpha value is -2.28. The van der Waals surface area contributed by atoms with E-state index < -0.39 is 0 Å². The zero-order chi connectivity index (χ0) is 15.2. The van der Waals surface area contributed by atoms with E-state index in [1.807, 2.05) is 12.1 Å². The predicted octanol–water partition coefficient (Wildman–Crippen LogP) is 5.74. The Bertz CT molecular complexity index is 663. The number of benzene rings is 2. The fourth-order valence-corrected chi connectivity index (χ4v) is 2.93. The quantitative estimate of drug-likeness (QED) is 0.653. The summed E-state index contributed by atoms with van der Waals surface area (Å²) < 4.78 is 5.28. The summed E-state index contributed by atoms with van der Waals surface area (Å²) in [6.07, 6.45) is 9.67. The summed E-state index contributed by atoms with van der Waals surface area (Å²) in [4.78, 5) is 0. The lowest BCUT2D eigenvalue weighted by molar-refractivity contribution is 0.415. The highest BCUT2D eigenvalue weighted by atomic mass is 16.5. The van der Waals surface area contributed by atoms with Crippen LogP contribution in [0.1, 0.15) is 36.8 Å². The molecule has 2 aromatic rings. The summed E-state index contributed by atoms with van der Waals surface area (Å²) in [7, 11) is 1.71. The van der Waals surface area contributed by atoms with Crippen molar-refractivity contribution in [1.29, 1.82) is 0 Å². The first kappa shape index (κ1) is 14.6. The van der Waals surface area contributed by atoms with Crippen LogP contribution in [0.25, 0.3) is 11.6 Å². The second kappa shape index (κ2) is 7.13. The second-order valence-electron chi connectivity index (χ2n) is 5.67. The van der Waals surface area contributed by atoms with Gasteiger partial charge in [0.2, 0.25) is 0 Å². The molecule has 1 heteroatoms. The molecule has 0 spiro atoms. The molecule has 0 aliphatic heterocycles. The Morgan fingerprint density at radius 2 is 1.73 bits per heavy atom. The molecule has 2 aromatic carbocycles. The molecule has 0 bridgehead atoms. The van der Waals surface area contributed by atoms with E-state index in [4.69, 9.17) is 4.74 Å². The van der Waals surface area contributed by atoms with Crippen molar-refractivity contribution in [1.82, 2.24) is 0 Å². The highest BCUT2D eigenvalue weighted by Crippen LogP contribution is 2.33. The van der Waals surface area contributed by atoms with E-state index in [1.54, 1.807) is 7.11 Å². The number of ether oxygens (including phenoxy) is 1. The smallest absolute Gasteiger partial charge is 0.118 e. The van der Waals surface area contributed by atoms with Gasteiger partial charge in [-0.25, -0.2) is 0 Å². The molecule has 112 valence electrons. The molecular weight excluding hydrogens is 268 g/mol. The lowest BCUT2D eigenvalue weighted by Gasteiger charge is -2.17. The third-order valence-corrected chi connectivity index (χ3v) is 4.15. The van der Waals surface area contributed by atoms with Crippen molar-refractivity contribution in [2.24, 2.45) is 0 Å². The van der Waals surface area contributed by atoms with Gasteiger partial charge in [0.15, 0.2) is 0 Å². The molecule has 0 aromatic heterocycles. The third kappa shape index (κ3) is 3.48. The second-order valence-corrected chi connectivity index (χ2v) is 5.67. The Labute approximate surface area is 133 Å². The maximum atomic E-state index is 5.28. The maximum absolute atomic E-state index is 5.28. The highest BCUT2D eigenvalue weighted by Gasteiger charge is 2.11. The van der Waals surface area contributed by atoms with Gasteiger partial charge in [0, 0.05) is 0 Å². The fourth-order valence-electron chi connectivity index (χ4n) is 2.93. The average molecular weight is 290 g/mol. The van der Waals surface area contributed by atoms with Gasteiger partial charge in [-0.05, 0) is 66.2 Å². The molecule has 1 nitrogen and oxygen atoms in total. The molecule has 0 radical (unpaired) electrons. The molecule has 0 heterocycles. The van der Waals surface area contributed by atoms with Gasteiger partial charge in [-0.15, -0.1) is 0 Å². The van der Waals surface area contributed by atoms with E-state index >= 15 is 0 Å². The Kier molecular flexibility index (Phi) is 4.75. The van der Waals surface area contributed by atoms with E-state index in [0.717, 1.165) is 5.75 Å². The first-order valence-electron chi connectivity index (χ1n) is 7.97. The van der Waals surface area contributed by atoms with E-state index in [-0.39, 0.29) is 0 Å². The first-order chi connectivity index (χ1) is 10.9. The summed E-state index contributed by atoms with van der Waals surface area (Å²) in [6, 6.07) is 18.9. The van der Waals surface area contributed by atoms with Gasteiger partial charge in [0.1, 0.15) is 5.75 Å². The fraction of sp³-hybridized carbons (Fsp3) is 0.238. The van der Waals surface area contributed by atoms with Crippen LogP contribution in [0.3, 0.4) is 0 Å². The molecule has 0 saturated heterocycles. The van der Waals surface area contributed by atoms with E-state index in [9.17, 15) is 0 Å². The maximum Gasteiger partial charge on any atom is 0.118 e. The normalized spacial score (nSPS) is 15.3. The van der Waals surface area contributed by atoms with Crippen LogP contribution in [0.5, 0.6) is 5.75 Å². The van der Waals surface area contributed by atoms with Gasteiger partial charge in [-0.2, -0.15) is 0 Å². The summed E-state index contributed by atoms with van der Waals surface area (Å²) in [6.45, 7) is 0. The molecule has 0 unspecified atom stereocenters. The molecule has 3 rings (SSSR count). The van der Waals surface area contributed by atoms with E-state index in [2.05, 4.69) is 54.6 Å². The van der Waals surface area contributed by atoms with Crippen molar-refractivity contribution in [3.63, 3.8) is 0 Å². The summed E-state index contributed by atoms with van der Waals surface area (Å²) in [5.41, 5.74) is 5.33. The van der Waals surface area contributed by atoms with Gasteiger partial charge in [-0.1, -0.05) is 48.5 Å². The molecule has 0 fully saturated rings. The number of hydrogen-bond donors (Lipinski definition) is 0. The molecular formula is C21H22O.